The summed E-state index contributed by atoms with van der Waals surface area (Å²) in [6.07, 6.45) is 14.4. The fourth-order valence-corrected chi connectivity index (χ4v) is 7.77. The van der Waals surface area contributed by atoms with Crippen LogP contribution in [0.4, 0.5) is 5.69 Å². The van der Waals surface area contributed by atoms with E-state index in [4.69, 9.17) is 0 Å². The minimum Gasteiger partial charge on any atom is -0.477 e. The molecule has 3 aliphatic carbocycles. The highest BCUT2D eigenvalue weighted by Crippen LogP contribution is 2.46. The molecule has 0 aromatic carbocycles. The number of anilines is 1. The lowest BCUT2D eigenvalue weighted by Gasteiger charge is -2.42. The molecule has 2 N–H and O–H groups in total. The number of carbonyl (C=O) groups is 3. The molecule has 1 aromatic heterocycles. The molecule has 1 aliphatic heterocycles. The van der Waals surface area contributed by atoms with Gasteiger partial charge in [0.1, 0.15) is 4.88 Å². The number of hydrogen-bond acceptors (Lipinski definition) is 4. The summed E-state index contributed by atoms with van der Waals surface area (Å²) in [6, 6.07) is 1.99. The van der Waals surface area contributed by atoms with E-state index in [0.717, 1.165) is 82.1 Å². The van der Waals surface area contributed by atoms with Crippen LogP contribution in [0.25, 0.3) is 5.57 Å². The largest absolute Gasteiger partial charge is 0.477 e. The molecule has 5 rings (SSSR count). The van der Waals surface area contributed by atoms with Gasteiger partial charge in [0.2, 0.25) is 11.8 Å². The quantitative estimate of drug-likeness (QED) is 0.429. The summed E-state index contributed by atoms with van der Waals surface area (Å²) < 4.78 is 0. The Morgan fingerprint density at radius 1 is 1.08 bits per heavy atom. The molecule has 4 aliphatic rings. The van der Waals surface area contributed by atoms with E-state index >= 15 is 0 Å². The molecule has 1 saturated heterocycles. The van der Waals surface area contributed by atoms with Crippen LogP contribution in [0.3, 0.4) is 0 Å². The van der Waals surface area contributed by atoms with Gasteiger partial charge in [-0.05, 0) is 100 Å². The Balaban J connectivity index is 0.00000156. The SMILES string of the molecule is CC.CC1CCC(C(=O)N(c2cc(C3=CCCCC3)sc2C(=O)O)C2CCC3(CC2)CNC(=O)C3)CC1. The maximum atomic E-state index is 14.1. The molecule has 37 heavy (non-hydrogen) atoms. The minimum absolute atomic E-state index is 0.00488. The average molecular weight is 529 g/mol. The second-order valence-corrected chi connectivity index (χ2v) is 12.5. The zero-order valence-corrected chi connectivity index (χ0v) is 23.6. The van der Waals surface area contributed by atoms with Gasteiger partial charge in [0.05, 0.1) is 5.69 Å². The molecular weight excluding hydrogens is 484 g/mol. The van der Waals surface area contributed by atoms with E-state index in [1.165, 1.54) is 23.3 Å². The van der Waals surface area contributed by atoms with Crippen molar-refractivity contribution in [3.8, 4) is 0 Å². The van der Waals surface area contributed by atoms with Gasteiger partial charge < -0.3 is 15.3 Å². The topological polar surface area (TPSA) is 86.7 Å². The number of amides is 2. The van der Waals surface area contributed by atoms with Gasteiger partial charge in [-0.3, -0.25) is 9.59 Å². The molecule has 2 heterocycles. The number of allylic oxidation sites excluding steroid dienone is 2. The number of nitrogens with zero attached hydrogens (tertiary/aromatic N) is 1. The van der Waals surface area contributed by atoms with Crippen LogP contribution >= 0.6 is 11.3 Å². The van der Waals surface area contributed by atoms with Crippen LogP contribution < -0.4 is 10.2 Å². The zero-order chi connectivity index (χ0) is 26.6. The fourth-order valence-electron chi connectivity index (χ4n) is 6.71. The Morgan fingerprint density at radius 3 is 2.35 bits per heavy atom. The average Bonchev–Trinajstić information content (AvgIpc) is 3.52. The standard InChI is InChI=1S/C28H38N2O4S.C2H6/c1-18-7-9-20(10-8-18)26(32)30(21-11-13-28(14-12-21)16-24(31)29-17-28)22-15-23(35-25(22)27(33)34)19-5-3-2-4-6-19;1-2/h5,15,18,20-21H,2-4,6-14,16-17H2,1H3,(H,29,31)(H,33,34);1-2H3. The predicted molar refractivity (Wildman–Crippen MR) is 150 cm³/mol. The van der Waals surface area contributed by atoms with Crippen molar-refractivity contribution in [2.24, 2.45) is 17.3 Å². The monoisotopic (exact) mass is 528 g/mol. The van der Waals surface area contributed by atoms with Crippen LogP contribution in [-0.2, 0) is 9.59 Å². The Labute approximate surface area is 225 Å². The number of aromatic carboxylic acids is 1. The summed E-state index contributed by atoms with van der Waals surface area (Å²) >= 11 is 1.33. The van der Waals surface area contributed by atoms with E-state index in [-0.39, 0.29) is 29.2 Å². The summed E-state index contributed by atoms with van der Waals surface area (Å²) in [5, 5.41) is 13.2. The second-order valence-electron chi connectivity index (χ2n) is 11.5. The lowest BCUT2D eigenvalue weighted by molar-refractivity contribution is -0.124. The third-order valence-corrected chi connectivity index (χ3v) is 10.1. The van der Waals surface area contributed by atoms with Crippen LogP contribution in [-0.4, -0.2) is 35.5 Å². The Kier molecular flexibility index (Phi) is 9.15. The van der Waals surface area contributed by atoms with E-state index in [9.17, 15) is 19.5 Å². The molecular formula is C30H44N2O4S. The lowest BCUT2D eigenvalue weighted by atomic mass is 9.71. The van der Waals surface area contributed by atoms with Gasteiger partial charge >= 0.3 is 5.97 Å². The molecule has 6 nitrogen and oxygen atoms in total. The third kappa shape index (κ3) is 6.13. The highest BCUT2D eigenvalue weighted by Gasteiger charge is 2.44. The number of nitrogens with one attached hydrogen (secondary N) is 1. The number of carbonyl (C=O) groups excluding carboxylic acids is 2. The molecule has 0 unspecified atom stereocenters. The van der Waals surface area contributed by atoms with Crippen LogP contribution in [0.5, 0.6) is 0 Å². The van der Waals surface area contributed by atoms with Crippen LogP contribution in [0.15, 0.2) is 12.1 Å². The predicted octanol–water partition coefficient (Wildman–Crippen LogP) is 7.04. The van der Waals surface area contributed by atoms with Crippen molar-refractivity contribution < 1.29 is 19.5 Å². The van der Waals surface area contributed by atoms with Crippen molar-refractivity contribution in [2.75, 3.05) is 11.4 Å². The molecule has 204 valence electrons. The van der Waals surface area contributed by atoms with E-state index < -0.39 is 5.97 Å². The zero-order valence-electron chi connectivity index (χ0n) is 22.8. The summed E-state index contributed by atoms with van der Waals surface area (Å²) in [4.78, 5) is 41.6. The number of hydrogen-bond donors (Lipinski definition) is 2. The Hall–Kier alpha value is -2.15. The van der Waals surface area contributed by atoms with Gasteiger partial charge in [0, 0.05) is 29.8 Å². The summed E-state index contributed by atoms with van der Waals surface area (Å²) in [5.74, 6) is -0.0849. The molecule has 0 atom stereocenters. The van der Waals surface area contributed by atoms with Gasteiger partial charge in [0.25, 0.3) is 0 Å². The molecule has 0 radical (unpaired) electrons. The first-order valence-electron chi connectivity index (χ1n) is 14.5. The number of carboxylic acids is 1. The van der Waals surface area contributed by atoms with Crippen molar-refractivity contribution in [3.63, 3.8) is 0 Å². The molecule has 2 amide bonds. The van der Waals surface area contributed by atoms with Crippen molar-refractivity contribution in [1.82, 2.24) is 5.32 Å². The summed E-state index contributed by atoms with van der Waals surface area (Å²) in [5.41, 5.74) is 1.84. The van der Waals surface area contributed by atoms with Gasteiger partial charge in [0.15, 0.2) is 0 Å². The number of carboxylic acid groups (broad SMARTS) is 1. The molecule has 7 heteroatoms. The van der Waals surface area contributed by atoms with Crippen molar-refractivity contribution in [3.05, 3.63) is 21.9 Å². The van der Waals surface area contributed by atoms with E-state index in [1.54, 1.807) is 0 Å². The third-order valence-electron chi connectivity index (χ3n) is 8.95. The van der Waals surface area contributed by atoms with Crippen LogP contribution in [0, 0.1) is 17.3 Å². The highest BCUT2D eigenvalue weighted by molar-refractivity contribution is 7.15. The molecule has 3 fully saturated rings. The molecule has 1 aromatic rings. The van der Waals surface area contributed by atoms with Gasteiger partial charge in [-0.1, -0.05) is 26.8 Å². The fraction of sp³-hybridized carbons (Fsp3) is 0.700. The van der Waals surface area contributed by atoms with Crippen LogP contribution in [0.1, 0.15) is 119 Å². The van der Waals surface area contributed by atoms with Gasteiger partial charge in [-0.25, -0.2) is 4.79 Å². The molecule has 0 bridgehead atoms. The van der Waals surface area contributed by atoms with Crippen molar-refractivity contribution in [2.45, 2.75) is 110 Å². The van der Waals surface area contributed by atoms with E-state index in [0.29, 0.717) is 22.9 Å². The minimum atomic E-state index is -0.944. The van der Waals surface area contributed by atoms with E-state index in [2.05, 4.69) is 18.3 Å². The number of thiophene rings is 1. The first-order chi connectivity index (χ1) is 17.8. The van der Waals surface area contributed by atoms with Crippen LogP contribution in [0.2, 0.25) is 0 Å². The van der Waals surface area contributed by atoms with Crippen molar-refractivity contribution in [1.29, 1.82) is 0 Å². The highest BCUT2D eigenvalue weighted by atomic mass is 32.1. The lowest BCUT2D eigenvalue weighted by Crippen LogP contribution is -2.48. The maximum absolute atomic E-state index is 14.1. The van der Waals surface area contributed by atoms with Gasteiger partial charge in [-0.15, -0.1) is 11.3 Å². The Bertz CT molecular complexity index is 1010. The molecule has 2 saturated carbocycles. The first-order valence-corrected chi connectivity index (χ1v) is 15.3. The summed E-state index contributed by atoms with van der Waals surface area (Å²) in [7, 11) is 0. The van der Waals surface area contributed by atoms with Crippen molar-refractivity contribution >= 4 is 40.4 Å². The Morgan fingerprint density at radius 2 is 1.78 bits per heavy atom. The van der Waals surface area contributed by atoms with E-state index in [1.807, 2.05) is 24.8 Å². The summed E-state index contributed by atoms with van der Waals surface area (Å²) in [6.45, 7) is 6.98. The normalized spacial score (nSPS) is 29.6. The number of rotatable bonds is 5. The maximum Gasteiger partial charge on any atom is 0.348 e. The first kappa shape index (κ1) is 27.9. The molecule has 1 spiro atoms. The second kappa shape index (κ2) is 12.1. The van der Waals surface area contributed by atoms with Gasteiger partial charge in [-0.2, -0.15) is 0 Å². The smallest absolute Gasteiger partial charge is 0.348 e.